The Balaban J connectivity index is 1.63. The number of imidazole rings is 1. The highest BCUT2D eigenvalue weighted by Crippen LogP contribution is 2.23. The molecule has 0 saturated heterocycles. The van der Waals surface area contributed by atoms with Crippen molar-refractivity contribution in [2.45, 2.75) is 13.3 Å². The molecule has 0 atom stereocenters. The smallest absolute Gasteiger partial charge is 0.258 e. The molecule has 28 heavy (non-hydrogen) atoms. The molecule has 1 aliphatic heterocycles. The highest BCUT2D eigenvalue weighted by molar-refractivity contribution is 5.68. The van der Waals surface area contributed by atoms with Crippen molar-refractivity contribution in [3.63, 3.8) is 0 Å². The van der Waals surface area contributed by atoms with Gasteiger partial charge in [0.2, 0.25) is 0 Å². The van der Waals surface area contributed by atoms with E-state index in [0.29, 0.717) is 16.9 Å². The summed E-state index contributed by atoms with van der Waals surface area (Å²) in [6.07, 6.45) is 8.21. The van der Waals surface area contributed by atoms with Gasteiger partial charge in [0.25, 0.3) is 5.56 Å². The van der Waals surface area contributed by atoms with Gasteiger partial charge in [-0.25, -0.2) is 14.4 Å². The van der Waals surface area contributed by atoms with E-state index in [9.17, 15) is 9.18 Å². The fourth-order valence-electron chi connectivity index (χ4n) is 3.63. The third kappa shape index (κ3) is 2.80. The molecule has 6 nitrogen and oxygen atoms in total. The van der Waals surface area contributed by atoms with Gasteiger partial charge in [-0.2, -0.15) is 0 Å². The van der Waals surface area contributed by atoms with Crippen molar-refractivity contribution in [2.75, 3.05) is 13.1 Å². The lowest BCUT2D eigenvalue weighted by Crippen LogP contribution is -2.22. The zero-order valence-electron chi connectivity index (χ0n) is 15.3. The van der Waals surface area contributed by atoms with Gasteiger partial charge in [0.05, 0.1) is 11.4 Å². The Kier molecular flexibility index (Phi) is 3.84. The van der Waals surface area contributed by atoms with Crippen LogP contribution in [0.2, 0.25) is 0 Å². The molecule has 0 radical (unpaired) electrons. The van der Waals surface area contributed by atoms with Crippen molar-refractivity contribution in [2.24, 2.45) is 0 Å². The van der Waals surface area contributed by atoms with E-state index in [1.807, 2.05) is 19.2 Å². The first-order chi connectivity index (χ1) is 13.6. The minimum absolute atomic E-state index is 0.152. The van der Waals surface area contributed by atoms with Crippen LogP contribution in [-0.4, -0.2) is 31.9 Å². The van der Waals surface area contributed by atoms with Gasteiger partial charge in [-0.15, -0.1) is 0 Å². The van der Waals surface area contributed by atoms with Crippen LogP contribution in [0.25, 0.3) is 28.0 Å². The van der Waals surface area contributed by atoms with Gasteiger partial charge in [-0.3, -0.25) is 9.20 Å². The number of hydrogen-bond acceptors (Lipinski definition) is 4. The maximum atomic E-state index is 14.4. The Morgan fingerprint density at radius 1 is 1.11 bits per heavy atom. The number of aryl methyl sites for hydroxylation is 1. The van der Waals surface area contributed by atoms with Gasteiger partial charge < -0.3 is 9.72 Å². The highest BCUT2D eigenvalue weighted by atomic mass is 19.1. The standard InChI is InChI=1S/C21H18FN5O/c1-13-10-26-11-16(8-17(22)21(26)24-13)15-2-3-19-25-18(9-20(28)27(19)12-15)14-4-6-23-7-5-14/h2-4,8-12,23H,5-7H2,1H3. The lowest BCUT2D eigenvalue weighted by molar-refractivity contribution is 0.630. The molecule has 140 valence electrons. The lowest BCUT2D eigenvalue weighted by atomic mass is 10.1. The molecule has 1 N–H and O–H groups in total. The number of nitrogens with zero attached hydrogens (tertiary/aromatic N) is 4. The predicted octanol–water partition coefficient (Wildman–Crippen LogP) is 2.83. The third-order valence-corrected chi connectivity index (χ3v) is 5.01. The highest BCUT2D eigenvalue weighted by Gasteiger charge is 2.12. The monoisotopic (exact) mass is 375 g/mol. The summed E-state index contributed by atoms with van der Waals surface area (Å²) in [5, 5.41) is 3.26. The fraction of sp³-hybridized carbons (Fsp3) is 0.190. The molecule has 0 fully saturated rings. The summed E-state index contributed by atoms with van der Waals surface area (Å²) >= 11 is 0. The second-order valence-corrected chi connectivity index (χ2v) is 7.00. The molecule has 4 aromatic heterocycles. The summed E-state index contributed by atoms with van der Waals surface area (Å²) in [7, 11) is 0. The van der Waals surface area contributed by atoms with Crippen molar-refractivity contribution >= 4 is 16.9 Å². The molecule has 5 rings (SSSR count). The van der Waals surface area contributed by atoms with Crippen molar-refractivity contribution < 1.29 is 4.39 Å². The van der Waals surface area contributed by atoms with Crippen molar-refractivity contribution in [3.05, 3.63) is 76.5 Å². The zero-order chi connectivity index (χ0) is 19.3. The minimum atomic E-state index is -0.399. The largest absolute Gasteiger partial charge is 0.313 e. The van der Waals surface area contributed by atoms with Crippen LogP contribution in [0.4, 0.5) is 4.39 Å². The van der Waals surface area contributed by atoms with Crippen LogP contribution in [0.15, 0.2) is 53.7 Å². The Hall–Kier alpha value is -3.32. The summed E-state index contributed by atoms with van der Waals surface area (Å²) in [6, 6.07) is 6.66. The summed E-state index contributed by atoms with van der Waals surface area (Å²) in [4.78, 5) is 21.5. The van der Waals surface area contributed by atoms with Crippen LogP contribution in [0.5, 0.6) is 0 Å². The molecular weight excluding hydrogens is 357 g/mol. The van der Waals surface area contributed by atoms with E-state index in [-0.39, 0.29) is 5.56 Å². The number of fused-ring (bicyclic) bond motifs is 2. The molecule has 5 heterocycles. The van der Waals surface area contributed by atoms with Crippen LogP contribution >= 0.6 is 0 Å². The molecule has 0 aliphatic carbocycles. The molecule has 0 bridgehead atoms. The van der Waals surface area contributed by atoms with E-state index in [1.54, 1.807) is 28.9 Å². The van der Waals surface area contributed by atoms with Gasteiger partial charge in [0.15, 0.2) is 11.5 Å². The van der Waals surface area contributed by atoms with E-state index in [0.717, 1.165) is 42.0 Å². The summed E-state index contributed by atoms with van der Waals surface area (Å²) in [5.74, 6) is -0.399. The topological polar surface area (TPSA) is 63.7 Å². The average molecular weight is 375 g/mol. The average Bonchev–Trinajstić information content (AvgIpc) is 3.09. The van der Waals surface area contributed by atoms with E-state index in [4.69, 9.17) is 0 Å². The number of hydrogen-bond donors (Lipinski definition) is 1. The fourth-order valence-corrected chi connectivity index (χ4v) is 3.63. The van der Waals surface area contributed by atoms with E-state index >= 15 is 0 Å². The second-order valence-electron chi connectivity index (χ2n) is 7.00. The Labute approximate surface area is 160 Å². The minimum Gasteiger partial charge on any atom is -0.313 e. The van der Waals surface area contributed by atoms with Gasteiger partial charge in [0.1, 0.15) is 5.65 Å². The van der Waals surface area contributed by atoms with Gasteiger partial charge in [-0.05, 0) is 43.7 Å². The molecular formula is C21H18FN5O. The molecule has 4 aromatic rings. The van der Waals surface area contributed by atoms with Crippen LogP contribution in [-0.2, 0) is 0 Å². The zero-order valence-corrected chi connectivity index (χ0v) is 15.3. The summed E-state index contributed by atoms with van der Waals surface area (Å²) in [5.41, 5.74) is 4.67. The molecule has 0 amide bonds. The van der Waals surface area contributed by atoms with Gasteiger partial charge in [-0.1, -0.05) is 6.08 Å². The molecule has 0 saturated carbocycles. The van der Waals surface area contributed by atoms with Gasteiger partial charge >= 0.3 is 0 Å². The lowest BCUT2D eigenvalue weighted by Gasteiger charge is -2.14. The number of aromatic nitrogens is 4. The van der Waals surface area contributed by atoms with Crippen molar-refractivity contribution in [1.82, 2.24) is 24.1 Å². The molecule has 0 aromatic carbocycles. The normalized spacial score (nSPS) is 14.6. The van der Waals surface area contributed by atoms with E-state index < -0.39 is 5.82 Å². The van der Waals surface area contributed by atoms with E-state index in [1.165, 1.54) is 10.5 Å². The first-order valence-corrected chi connectivity index (χ1v) is 9.17. The molecule has 0 spiro atoms. The van der Waals surface area contributed by atoms with Crippen LogP contribution < -0.4 is 10.9 Å². The van der Waals surface area contributed by atoms with Crippen molar-refractivity contribution in [3.8, 4) is 11.1 Å². The maximum Gasteiger partial charge on any atom is 0.258 e. The number of halogens is 1. The van der Waals surface area contributed by atoms with E-state index in [2.05, 4.69) is 21.4 Å². The number of rotatable bonds is 2. The first-order valence-electron chi connectivity index (χ1n) is 9.17. The summed E-state index contributed by atoms with van der Waals surface area (Å²) < 4.78 is 17.6. The number of nitrogens with one attached hydrogen (secondary N) is 1. The Morgan fingerprint density at radius 2 is 2.00 bits per heavy atom. The maximum absolute atomic E-state index is 14.4. The van der Waals surface area contributed by atoms with Crippen LogP contribution in [0.1, 0.15) is 17.8 Å². The SMILES string of the molecule is Cc1cn2cc(-c3ccc4nc(C5=CCNCC5)cc(=O)n4c3)cc(F)c2n1. The summed E-state index contributed by atoms with van der Waals surface area (Å²) in [6.45, 7) is 3.49. The Bertz CT molecular complexity index is 1320. The van der Waals surface area contributed by atoms with Crippen molar-refractivity contribution in [1.29, 1.82) is 0 Å². The second kappa shape index (κ2) is 6.38. The van der Waals surface area contributed by atoms with Crippen LogP contribution in [0.3, 0.4) is 0 Å². The molecule has 7 heteroatoms. The third-order valence-electron chi connectivity index (χ3n) is 5.01. The number of pyridine rings is 2. The molecule has 0 unspecified atom stereocenters. The molecule has 1 aliphatic rings. The first kappa shape index (κ1) is 16.8. The van der Waals surface area contributed by atoms with Crippen LogP contribution in [0, 0.1) is 12.7 Å². The predicted molar refractivity (Wildman–Crippen MR) is 106 cm³/mol. The van der Waals surface area contributed by atoms with Gasteiger partial charge in [0, 0.05) is 42.3 Å². The quantitative estimate of drug-likeness (QED) is 0.585. The Morgan fingerprint density at radius 3 is 2.82 bits per heavy atom.